The van der Waals surface area contributed by atoms with E-state index < -0.39 is 54.9 Å². The molecule has 4 aromatic carbocycles. The average Bonchev–Trinajstić information content (AvgIpc) is 3.42. The van der Waals surface area contributed by atoms with Crippen molar-refractivity contribution in [1.82, 2.24) is 5.32 Å². The molecule has 0 aromatic heterocycles. The second-order valence-electron chi connectivity index (χ2n) is 15.7. The first kappa shape index (κ1) is 55.6. The summed E-state index contributed by atoms with van der Waals surface area (Å²) < 4.78 is 39.9. The molecule has 0 radical (unpaired) electrons. The maximum absolute atomic E-state index is 13.3. The van der Waals surface area contributed by atoms with Crippen LogP contribution in [0.2, 0.25) is 0 Å². The third-order valence-electron chi connectivity index (χ3n) is 10.4. The standard InChI is InChI=1S/C63H53NO9.20H2/c1-3-5-6-7-8-9-10-11-12-13-14-15-16-17-18-19-20-21-34-44-58(66)64-55(59(67)56(65)35-4-2)49-72-63-62(71-48-54-42-32-25-33-43-54)61(70-47-53-40-30-24-31-41-53)60(69-46-52-38-28-23-29-39-52)57(73-63)50-68-45-51-36-26-22-27-37-51;;;;;;;;;;;;;;;;;;;;/h22-33,36-43,55-57,59-63,65,67H,4,35,45-50H2,1-2H3,(H,64,66);20*1H/t55-,56+,57?,59-,60?,61?,62?,63?;;;;;;;;;;;;;;;;;;;;/m0..................../s1. The van der Waals surface area contributed by atoms with E-state index in [1.807, 2.05) is 128 Å². The van der Waals surface area contributed by atoms with Gasteiger partial charge in [-0.15, -0.1) is 0 Å². The van der Waals surface area contributed by atoms with Crippen LogP contribution in [0.15, 0.2) is 121 Å². The van der Waals surface area contributed by atoms with Crippen LogP contribution >= 0.6 is 0 Å². The Morgan fingerprint density at radius 3 is 1.38 bits per heavy atom. The Labute approximate surface area is 459 Å². The van der Waals surface area contributed by atoms with Gasteiger partial charge in [0.2, 0.25) is 0 Å². The van der Waals surface area contributed by atoms with Crippen LogP contribution in [0.4, 0.5) is 0 Å². The third kappa shape index (κ3) is 21.7. The molecular formula is C63H93NO9. The molecule has 4 aromatic rings. The van der Waals surface area contributed by atoms with E-state index in [2.05, 4.69) is 124 Å². The van der Waals surface area contributed by atoms with Gasteiger partial charge < -0.3 is 44.0 Å². The van der Waals surface area contributed by atoms with Crippen molar-refractivity contribution in [2.75, 3.05) is 13.2 Å². The number of hydrogen-bond acceptors (Lipinski definition) is 9. The topological polar surface area (TPSA) is 125 Å². The Hall–Kier alpha value is -8.37. The van der Waals surface area contributed by atoms with E-state index in [1.54, 1.807) is 6.92 Å². The number of aliphatic hydroxyl groups is 2. The number of benzene rings is 4. The number of rotatable bonds is 21. The summed E-state index contributed by atoms with van der Waals surface area (Å²) in [7, 11) is 0. The number of carbonyl (C=O) groups is 1. The molecule has 0 bridgehead atoms. The third-order valence-corrected chi connectivity index (χ3v) is 10.4. The molecule has 1 heterocycles. The van der Waals surface area contributed by atoms with Gasteiger partial charge in [0.05, 0.1) is 51.8 Å². The normalized spacial score (nSPS) is 16.9. The fraction of sp³-hybridized carbons (Fsp3) is 0.286. The van der Waals surface area contributed by atoms with E-state index in [0.717, 1.165) is 22.3 Å². The largest absolute Gasteiger partial charge is 0.390 e. The molecule has 1 amide bonds. The van der Waals surface area contributed by atoms with Crippen LogP contribution < -0.4 is 5.32 Å². The van der Waals surface area contributed by atoms with Crippen LogP contribution in [0, 0.1) is 118 Å². The first-order chi connectivity index (χ1) is 35.9. The number of nitrogens with one attached hydrogen (secondary N) is 1. The number of hydrogen-bond donors (Lipinski definition) is 3. The van der Waals surface area contributed by atoms with Gasteiger partial charge >= 0.3 is 0 Å². The summed E-state index contributed by atoms with van der Waals surface area (Å²) >= 11 is 0. The van der Waals surface area contributed by atoms with E-state index in [4.69, 9.17) is 28.4 Å². The molecule has 5 unspecified atom stereocenters. The molecule has 8 atom stereocenters. The lowest BCUT2D eigenvalue weighted by Crippen LogP contribution is -2.62. The van der Waals surface area contributed by atoms with Gasteiger partial charge in [0.15, 0.2) is 6.29 Å². The summed E-state index contributed by atoms with van der Waals surface area (Å²) in [6.07, 6.45) is -6.21. The second kappa shape index (κ2) is 34.0. The fourth-order valence-electron chi connectivity index (χ4n) is 6.90. The summed E-state index contributed by atoms with van der Waals surface area (Å²) in [5.41, 5.74) is 3.73. The van der Waals surface area contributed by atoms with E-state index in [0.29, 0.717) is 13.0 Å². The summed E-state index contributed by atoms with van der Waals surface area (Å²) in [6.45, 7) is 4.22. The van der Waals surface area contributed by atoms with Crippen molar-refractivity contribution >= 4 is 5.91 Å². The molecule has 1 fully saturated rings. The van der Waals surface area contributed by atoms with Crippen molar-refractivity contribution in [2.45, 2.75) is 102 Å². The van der Waals surface area contributed by atoms with E-state index >= 15 is 0 Å². The molecule has 10 heteroatoms. The molecule has 0 aliphatic carbocycles. The molecule has 5 rings (SSSR count). The molecule has 1 saturated heterocycles. The predicted octanol–water partition coefficient (Wildman–Crippen LogP) is 10.7. The Balaban J connectivity index is -0.000000212. The van der Waals surface area contributed by atoms with Gasteiger partial charge in [-0.25, -0.2) is 0 Å². The summed E-state index contributed by atoms with van der Waals surface area (Å²) in [5.74, 6) is 49.6. The zero-order chi connectivity index (χ0) is 51.4. The number of aliphatic hydroxyl groups excluding tert-OH is 2. The highest BCUT2D eigenvalue weighted by atomic mass is 16.7. The van der Waals surface area contributed by atoms with Crippen LogP contribution in [0.3, 0.4) is 0 Å². The Bertz CT molecular complexity index is 3100. The average molecular weight is 1010 g/mol. The highest BCUT2D eigenvalue weighted by Crippen LogP contribution is 2.32. The molecule has 0 spiro atoms. The van der Waals surface area contributed by atoms with Crippen LogP contribution in [-0.4, -0.2) is 78.3 Å². The predicted molar refractivity (Wildman–Crippen MR) is 320 cm³/mol. The number of ether oxygens (including phenoxy) is 6. The smallest absolute Gasteiger partial charge is 0.297 e. The zero-order valence-electron chi connectivity index (χ0n) is 40.6. The molecule has 404 valence electrons. The molecule has 1 aliphatic heterocycles. The lowest BCUT2D eigenvalue weighted by atomic mass is 9.97. The Kier molecular flexibility index (Phi) is 25.9. The SMILES string of the molecule is CC#CC#CC#CC#CC#CC#CC#CC#CC#CC#CC(=O)N[C@@H](COC1OC(COCc2ccccc2)C(OCc2ccccc2)C(OCc2ccccc2)C1OCc1ccccc1)[C@H](O)[C@H](O)CCC.[HH].[HH].[HH].[HH].[HH].[HH].[HH].[HH].[HH].[HH].[HH].[HH].[HH].[HH].[HH].[HH].[HH].[HH].[HH].[HH]. The lowest BCUT2D eigenvalue weighted by Gasteiger charge is -2.46. The van der Waals surface area contributed by atoms with Gasteiger partial charge in [-0.05, 0) is 130 Å². The highest BCUT2D eigenvalue weighted by Gasteiger charge is 2.49. The van der Waals surface area contributed by atoms with Crippen molar-refractivity contribution in [3.8, 4) is 118 Å². The van der Waals surface area contributed by atoms with E-state index in [9.17, 15) is 15.0 Å². The van der Waals surface area contributed by atoms with Crippen molar-refractivity contribution < 1.29 is 72.0 Å². The lowest BCUT2D eigenvalue weighted by molar-refractivity contribution is -0.329. The number of amides is 1. The summed E-state index contributed by atoms with van der Waals surface area (Å²) in [4.78, 5) is 13.3. The van der Waals surface area contributed by atoms with Crippen LogP contribution in [0.5, 0.6) is 0 Å². The van der Waals surface area contributed by atoms with E-state index in [1.165, 1.54) is 0 Å². The fourth-order valence-corrected chi connectivity index (χ4v) is 6.90. The van der Waals surface area contributed by atoms with E-state index in [-0.39, 0.29) is 68.0 Å². The van der Waals surface area contributed by atoms with Crippen molar-refractivity contribution in [3.63, 3.8) is 0 Å². The van der Waals surface area contributed by atoms with Gasteiger partial charge in [-0.1, -0.05) is 141 Å². The second-order valence-corrected chi connectivity index (χ2v) is 15.7. The van der Waals surface area contributed by atoms with Gasteiger partial charge in [-0.2, -0.15) is 0 Å². The van der Waals surface area contributed by atoms with Gasteiger partial charge in [0, 0.05) is 46.3 Å². The van der Waals surface area contributed by atoms with Gasteiger partial charge in [0.25, 0.3) is 5.91 Å². The minimum atomic E-state index is -1.46. The Morgan fingerprint density at radius 1 is 0.548 bits per heavy atom. The maximum atomic E-state index is 13.3. The minimum Gasteiger partial charge on any atom is -0.390 e. The molecule has 73 heavy (non-hydrogen) atoms. The first-order valence-corrected chi connectivity index (χ1v) is 23.4. The summed E-state index contributed by atoms with van der Waals surface area (Å²) in [6, 6.07) is 37.8. The quantitative estimate of drug-likeness (QED) is 0.0700. The number of carbonyl (C=O) groups excluding carboxylic acids is 1. The van der Waals surface area contributed by atoms with Crippen LogP contribution in [0.1, 0.15) is 77.5 Å². The zero-order valence-corrected chi connectivity index (χ0v) is 40.6. The van der Waals surface area contributed by atoms with Crippen LogP contribution in [0.25, 0.3) is 0 Å². The minimum absolute atomic E-state index is 0. The maximum Gasteiger partial charge on any atom is 0.297 e. The van der Waals surface area contributed by atoms with Gasteiger partial charge in [0.1, 0.15) is 30.5 Å². The first-order valence-electron chi connectivity index (χ1n) is 23.4. The summed E-state index contributed by atoms with van der Waals surface area (Å²) in [5, 5.41) is 25.2. The molecule has 1 aliphatic rings. The van der Waals surface area contributed by atoms with Crippen molar-refractivity contribution in [2.24, 2.45) is 0 Å². The molecular weight excluding hydrogens is 915 g/mol. The molecule has 0 saturated carbocycles. The van der Waals surface area contributed by atoms with Gasteiger partial charge in [-0.3, -0.25) is 4.79 Å². The molecule has 10 nitrogen and oxygen atoms in total. The van der Waals surface area contributed by atoms with Crippen molar-refractivity contribution in [1.29, 1.82) is 0 Å². The molecule has 3 N–H and O–H groups in total. The van der Waals surface area contributed by atoms with Crippen molar-refractivity contribution in [3.05, 3.63) is 144 Å². The Morgan fingerprint density at radius 2 is 0.945 bits per heavy atom. The monoisotopic (exact) mass is 1010 g/mol. The van der Waals surface area contributed by atoms with Crippen LogP contribution in [-0.2, 0) is 59.6 Å². The highest BCUT2D eigenvalue weighted by molar-refractivity contribution is 5.94.